The second-order valence-corrected chi connectivity index (χ2v) is 17.6. The Morgan fingerprint density at radius 2 is 0.839 bits per heavy atom. The summed E-state index contributed by atoms with van der Waals surface area (Å²) in [7, 11) is 0. The zero-order valence-electron chi connectivity index (χ0n) is 29.9. The number of rotatable bonds is 2. The van der Waals surface area contributed by atoms with Gasteiger partial charge in [0.2, 0.25) is 0 Å². The smallest absolute Gasteiger partial charge is 0.197 e. The molecule has 2 atom stereocenters. The maximum Gasteiger partial charge on any atom is 0.197 e. The highest BCUT2D eigenvalue weighted by Crippen LogP contribution is 2.56. The normalized spacial score (nSPS) is 21.9. The number of fused-ring (bicyclic) bond motifs is 9. The van der Waals surface area contributed by atoms with E-state index in [2.05, 4.69) is 24.3 Å². The van der Waals surface area contributed by atoms with Crippen LogP contribution in [0.1, 0.15) is 88.6 Å². The number of ketones is 4. The van der Waals surface area contributed by atoms with Crippen molar-refractivity contribution in [1.82, 2.24) is 0 Å². The second-order valence-electron chi connectivity index (χ2n) is 15.4. The molecule has 4 aromatic rings. The first-order chi connectivity index (χ1) is 26.5. The molecule has 56 heavy (non-hydrogen) atoms. The molecule has 2 unspecified atom stereocenters. The molecule has 2 aliphatic heterocycles. The zero-order chi connectivity index (χ0) is 39.3. The molecule has 0 saturated heterocycles. The summed E-state index contributed by atoms with van der Waals surface area (Å²) in [4.78, 5) is 55.3. The van der Waals surface area contributed by atoms with Gasteiger partial charge in [-0.25, -0.2) is 17.6 Å². The van der Waals surface area contributed by atoms with Crippen molar-refractivity contribution in [1.29, 1.82) is 0 Å². The minimum absolute atomic E-state index is 0.0746. The van der Waals surface area contributed by atoms with Crippen molar-refractivity contribution < 1.29 is 46.2 Å². The van der Waals surface area contributed by atoms with Crippen LogP contribution < -0.4 is 9.47 Å². The van der Waals surface area contributed by atoms with Crippen LogP contribution in [0.25, 0.3) is 23.3 Å². The van der Waals surface area contributed by atoms with Gasteiger partial charge in [-0.2, -0.15) is 0 Å². The Morgan fingerprint density at radius 3 is 1.16 bits per heavy atom. The van der Waals surface area contributed by atoms with Crippen LogP contribution >= 0.6 is 22.7 Å². The largest absolute Gasteiger partial charge is 0.482 e. The SMILES string of the molecule is CC1(C)Oc2cc(C=C3C(=O)c4cc(F)c(F)cc4C3=O)sc2C2=CC3C=C4C(=CC3C=C21)c1sc(C=C2C(=O)c3cc(F)c(F)cc3C2=O)cc1OC4(C)C. The molecule has 0 spiro atoms. The Kier molecular flexibility index (Phi) is 7.09. The predicted molar refractivity (Wildman–Crippen MR) is 203 cm³/mol. The van der Waals surface area contributed by atoms with Gasteiger partial charge in [0.15, 0.2) is 46.4 Å². The lowest BCUT2D eigenvalue weighted by molar-refractivity contribution is 0.0975. The fraction of sp³-hybridized carbons (Fsp3) is 0.182. The molecule has 4 aliphatic carbocycles. The Balaban J connectivity index is 0.999. The van der Waals surface area contributed by atoms with E-state index >= 15 is 0 Å². The molecule has 2 aromatic carbocycles. The molecule has 0 N–H and O–H groups in total. The summed E-state index contributed by atoms with van der Waals surface area (Å²) in [6.45, 7) is 7.87. The Morgan fingerprint density at radius 1 is 0.518 bits per heavy atom. The van der Waals surface area contributed by atoms with Crippen LogP contribution in [-0.2, 0) is 0 Å². The van der Waals surface area contributed by atoms with Gasteiger partial charge in [-0.05, 0) is 98.5 Å². The predicted octanol–water partition coefficient (Wildman–Crippen LogP) is 10.2. The van der Waals surface area contributed by atoms with Gasteiger partial charge >= 0.3 is 0 Å². The fourth-order valence-electron chi connectivity index (χ4n) is 8.41. The minimum atomic E-state index is -1.20. The summed E-state index contributed by atoms with van der Waals surface area (Å²) in [6.07, 6.45) is 11.7. The number of benzene rings is 2. The van der Waals surface area contributed by atoms with E-state index in [-0.39, 0.29) is 45.2 Å². The van der Waals surface area contributed by atoms with Gasteiger partial charge in [-0.15, -0.1) is 22.7 Å². The number of ether oxygens (including phenoxy) is 2. The third-order valence-electron chi connectivity index (χ3n) is 11.1. The zero-order valence-corrected chi connectivity index (χ0v) is 31.5. The number of hydrogen-bond donors (Lipinski definition) is 0. The molecule has 2 aromatic heterocycles. The number of carbonyl (C=O) groups excluding carboxylic acids is 4. The molecule has 0 radical (unpaired) electrons. The van der Waals surface area contributed by atoms with Crippen LogP contribution in [0.15, 0.2) is 83.0 Å². The molecule has 12 heteroatoms. The maximum atomic E-state index is 13.9. The average molecular weight is 791 g/mol. The first-order valence-electron chi connectivity index (χ1n) is 17.6. The van der Waals surface area contributed by atoms with Gasteiger partial charge in [0, 0.05) is 43.8 Å². The fourth-order valence-corrected chi connectivity index (χ4v) is 10.5. The third-order valence-corrected chi connectivity index (χ3v) is 13.3. The van der Waals surface area contributed by atoms with Crippen molar-refractivity contribution in [2.75, 3.05) is 0 Å². The van der Waals surface area contributed by atoms with Crippen LogP contribution in [0.3, 0.4) is 0 Å². The highest BCUT2D eigenvalue weighted by molar-refractivity contribution is 7.15. The highest BCUT2D eigenvalue weighted by atomic mass is 32.1. The van der Waals surface area contributed by atoms with E-state index in [0.29, 0.717) is 21.3 Å². The molecule has 0 bridgehead atoms. The molecule has 4 heterocycles. The van der Waals surface area contributed by atoms with Crippen molar-refractivity contribution in [3.05, 3.63) is 148 Å². The number of allylic oxidation sites excluding steroid dienone is 6. The summed E-state index contributed by atoms with van der Waals surface area (Å²) in [6, 6.07) is 6.59. The topological polar surface area (TPSA) is 86.7 Å². The van der Waals surface area contributed by atoms with Crippen molar-refractivity contribution >= 4 is 69.1 Å². The molecular weight excluding hydrogens is 765 g/mol. The lowest BCUT2D eigenvalue weighted by Gasteiger charge is -2.42. The van der Waals surface area contributed by atoms with Crippen LogP contribution in [0.4, 0.5) is 17.6 Å². The van der Waals surface area contributed by atoms with Gasteiger partial charge in [0.1, 0.15) is 22.7 Å². The summed E-state index contributed by atoms with van der Waals surface area (Å²) in [5.41, 5.74) is 1.33. The van der Waals surface area contributed by atoms with E-state index in [4.69, 9.17) is 9.47 Å². The molecule has 0 fully saturated rings. The van der Waals surface area contributed by atoms with E-state index in [0.717, 1.165) is 56.3 Å². The van der Waals surface area contributed by atoms with Crippen molar-refractivity contribution in [2.45, 2.75) is 38.9 Å². The highest BCUT2D eigenvalue weighted by Gasteiger charge is 2.45. The Hall–Kier alpha value is -5.72. The number of thiophene rings is 2. The first kappa shape index (κ1) is 34.7. The Bertz CT molecular complexity index is 2560. The first-order valence-corrected chi connectivity index (χ1v) is 19.3. The molecule has 0 amide bonds. The molecule has 278 valence electrons. The standard InChI is InChI=1S/C44H26F4O6S2/c1-43(2)29-7-17-6-26-30(44(3,4)54-36-12-20(56-42(26)36)10-28-39(51)23-15-33(47)34(48)16-24(23)40(28)52)8-18(17)5-25(29)41-35(53-43)11-19(55-41)9-27-37(49)21-13-31(45)32(46)14-22(21)38(27)50/h5-18H,1-4H3. The Labute approximate surface area is 324 Å². The van der Waals surface area contributed by atoms with E-state index in [9.17, 15) is 36.7 Å². The lowest BCUT2D eigenvalue weighted by atomic mass is 9.70. The van der Waals surface area contributed by atoms with Crippen molar-refractivity contribution in [3.8, 4) is 11.5 Å². The van der Waals surface area contributed by atoms with E-state index in [1.54, 1.807) is 12.1 Å². The van der Waals surface area contributed by atoms with Gasteiger partial charge < -0.3 is 9.47 Å². The number of halogens is 4. The maximum absolute atomic E-state index is 13.9. The average Bonchev–Trinajstić information content (AvgIpc) is 3.85. The molecule has 10 rings (SSSR count). The molecule has 6 nitrogen and oxygen atoms in total. The van der Waals surface area contributed by atoms with Crippen LogP contribution in [0.2, 0.25) is 0 Å². The lowest BCUT2D eigenvalue weighted by Crippen LogP contribution is -2.39. The van der Waals surface area contributed by atoms with E-state index in [1.165, 1.54) is 34.8 Å². The quantitative estimate of drug-likeness (QED) is 0.114. The van der Waals surface area contributed by atoms with Gasteiger partial charge in [-0.3, -0.25) is 19.2 Å². The summed E-state index contributed by atoms with van der Waals surface area (Å²) in [5, 5.41) is 0. The van der Waals surface area contributed by atoms with Gasteiger partial charge in [0.05, 0.1) is 20.9 Å². The van der Waals surface area contributed by atoms with Crippen molar-refractivity contribution in [3.63, 3.8) is 0 Å². The summed E-state index contributed by atoms with van der Waals surface area (Å²) in [5.74, 6) is -6.42. The van der Waals surface area contributed by atoms with Crippen LogP contribution in [0, 0.1) is 35.1 Å². The number of carbonyl (C=O) groups is 4. The minimum Gasteiger partial charge on any atom is -0.482 e. The molecule has 6 aliphatic rings. The van der Waals surface area contributed by atoms with Crippen LogP contribution in [0.5, 0.6) is 11.5 Å². The summed E-state index contributed by atoms with van der Waals surface area (Å²) < 4.78 is 68.8. The summed E-state index contributed by atoms with van der Waals surface area (Å²) >= 11 is 2.70. The van der Waals surface area contributed by atoms with E-state index in [1.807, 2.05) is 27.7 Å². The molecule has 0 saturated carbocycles. The molecular formula is C44H26F4O6S2. The number of hydrogen-bond acceptors (Lipinski definition) is 8. The van der Waals surface area contributed by atoms with Gasteiger partial charge in [-0.1, -0.05) is 24.3 Å². The second kappa shape index (κ2) is 11.4. The third kappa shape index (κ3) is 4.91. The van der Waals surface area contributed by atoms with Gasteiger partial charge in [0.25, 0.3) is 0 Å². The monoisotopic (exact) mass is 790 g/mol. The van der Waals surface area contributed by atoms with Crippen LogP contribution in [-0.4, -0.2) is 34.3 Å². The number of Topliss-reactive ketones (excluding diaryl/α,β-unsaturated/α-hetero) is 4. The van der Waals surface area contributed by atoms with E-state index < -0.39 is 57.6 Å². The van der Waals surface area contributed by atoms with Crippen molar-refractivity contribution in [2.24, 2.45) is 11.8 Å².